The first kappa shape index (κ1) is 24.8. The van der Waals surface area contributed by atoms with Gasteiger partial charge in [0.05, 0.1) is 25.7 Å². The Labute approximate surface area is 203 Å². The first-order valence-corrected chi connectivity index (χ1v) is 11.8. The number of amides is 1. The Bertz CT molecular complexity index is 1050. The summed E-state index contributed by atoms with van der Waals surface area (Å²) in [6.07, 6.45) is 2.68. The zero-order chi connectivity index (χ0) is 24.0. The fourth-order valence-corrected chi connectivity index (χ4v) is 4.60. The van der Waals surface area contributed by atoms with E-state index in [0.29, 0.717) is 38.8 Å². The molecule has 8 heteroatoms. The molecule has 1 unspecified atom stereocenters. The third kappa shape index (κ3) is 5.94. The van der Waals surface area contributed by atoms with Crippen LogP contribution in [0.1, 0.15) is 37.4 Å². The predicted octanol–water partition coefficient (Wildman–Crippen LogP) is 5.24. The molecule has 2 aromatic carbocycles. The highest BCUT2D eigenvalue weighted by molar-refractivity contribution is 8.26. The van der Waals surface area contributed by atoms with Gasteiger partial charge in [-0.05, 0) is 41.7 Å². The quantitative estimate of drug-likeness (QED) is 0.274. The number of benzene rings is 2. The molecule has 174 valence electrons. The van der Waals surface area contributed by atoms with Crippen molar-refractivity contribution in [2.24, 2.45) is 5.92 Å². The van der Waals surface area contributed by atoms with E-state index in [-0.39, 0.29) is 5.91 Å². The molecule has 1 heterocycles. The summed E-state index contributed by atoms with van der Waals surface area (Å²) in [7, 11) is 2.87. The van der Waals surface area contributed by atoms with E-state index in [1.165, 1.54) is 12.0 Å². The minimum absolute atomic E-state index is 0.297. The van der Waals surface area contributed by atoms with E-state index in [1.54, 1.807) is 37.5 Å². The van der Waals surface area contributed by atoms with Crippen molar-refractivity contribution in [1.29, 1.82) is 0 Å². The van der Waals surface area contributed by atoms with E-state index < -0.39 is 12.0 Å². The van der Waals surface area contributed by atoms with Gasteiger partial charge in [-0.3, -0.25) is 9.69 Å². The van der Waals surface area contributed by atoms with E-state index in [2.05, 4.69) is 13.8 Å². The number of hydrogen-bond acceptors (Lipinski definition) is 7. The van der Waals surface area contributed by atoms with Gasteiger partial charge in [0.15, 0.2) is 17.5 Å². The average Bonchev–Trinajstić information content (AvgIpc) is 3.08. The number of rotatable bonds is 9. The lowest BCUT2D eigenvalue weighted by molar-refractivity contribution is -0.148. The van der Waals surface area contributed by atoms with Crippen molar-refractivity contribution in [1.82, 2.24) is 4.90 Å². The van der Waals surface area contributed by atoms with Crippen LogP contribution in [0, 0.1) is 5.92 Å². The second kappa shape index (κ2) is 11.3. The number of carbonyl (C=O) groups excluding carboxylic acids is 2. The van der Waals surface area contributed by atoms with Crippen LogP contribution in [0.4, 0.5) is 0 Å². The molecule has 1 atom stereocenters. The summed E-state index contributed by atoms with van der Waals surface area (Å²) in [5, 5.41) is 0. The maximum absolute atomic E-state index is 13.3. The fourth-order valence-electron chi connectivity index (χ4n) is 3.29. The van der Waals surface area contributed by atoms with Crippen molar-refractivity contribution in [3.8, 4) is 11.5 Å². The number of methoxy groups -OCH3 is 2. The van der Waals surface area contributed by atoms with Gasteiger partial charge in [-0.1, -0.05) is 74.2 Å². The fraction of sp³-hybridized carbons (Fsp3) is 0.320. The zero-order valence-corrected chi connectivity index (χ0v) is 20.7. The minimum atomic E-state index is -0.944. The lowest BCUT2D eigenvalue weighted by Gasteiger charge is -2.24. The molecule has 1 aliphatic heterocycles. The van der Waals surface area contributed by atoms with Crippen LogP contribution >= 0.6 is 24.0 Å². The molecule has 0 bridgehead atoms. The number of esters is 1. The summed E-state index contributed by atoms with van der Waals surface area (Å²) in [4.78, 5) is 27.6. The number of hydrogen-bond donors (Lipinski definition) is 0. The maximum Gasteiger partial charge on any atom is 0.333 e. The van der Waals surface area contributed by atoms with Gasteiger partial charge in [0.2, 0.25) is 0 Å². The Morgan fingerprint density at radius 1 is 1.12 bits per heavy atom. The molecule has 1 amide bonds. The molecule has 1 aliphatic rings. The molecule has 2 aromatic rings. The second-order valence-electron chi connectivity index (χ2n) is 7.83. The Morgan fingerprint density at radius 2 is 1.85 bits per heavy atom. The Balaban J connectivity index is 1.86. The van der Waals surface area contributed by atoms with Crippen molar-refractivity contribution in [2.75, 3.05) is 20.8 Å². The second-order valence-corrected chi connectivity index (χ2v) is 9.51. The monoisotopic (exact) mass is 485 g/mol. The van der Waals surface area contributed by atoms with Crippen molar-refractivity contribution in [3.63, 3.8) is 0 Å². The van der Waals surface area contributed by atoms with Crippen LogP contribution in [-0.2, 0) is 14.3 Å². The van der Waals surface area contributed by atoms with Gasteiger partial charge in [0.1, 0.15) is 4.32 Å². The minimum Gasteiger partial charge on any atom is -0.493 e. The van der Waals surface area contributed by atoms with Crippen LogP contribution in [0.2, 0.25) is 0 Å². The first-order chi connectivity index (χ1) is 15.8. The van der Waals surface area contributed by atoms with Crippen molar-refractivity contribution in [2.45, 2.75) is 26.3 Å². The molecule has 0 N–H and O–H groups in total. The Kier molecular flexibility index (Phi) is 8.52. The molecule has 1 saturated heterocycles. The molecular formula is C25H27NO5S2. The summed E-state index contributed by atoms with van der Waals surface area (Å²) in [5.41, 5.74) is 1.39. The largest absolute Gasteiger partial charge is 0.493 e. The molecule has 6 nitrogen and oxygen atoms in total. The van der Waals surface area contributed by atoms with Crippen LogP contribution < -0.4 is 9.47 Å². The third-order valence-corrected chi connectivity index (χ3v) is 6.39. The number of carbonyl (C=O) groups is 2. The molecule has 0 spiro atoms. The van der Waals surface area contributed by atoms with Crippen molar-refractivity contribution < 1.29 is 23.8 Å². The van der Waals surface area contributed by atoms with Gasteiger partial charge in [-0.2, -0.15) is 0 Å². The summed E-state index contributed by atoms with van der Waals surface area (Å²) in [5.74, 6) is 0.878. The molecule has 33 heavy (non-hydrogen) atoms. The number of ether oxygens (including phenoxy) is 3. The molecule has 0 radical (unpaired) electrons. The van der Waals surface area contributed by atoms with Gasteiger partial charge in [-0.25, -0.2) is 4.79 Å². The van der Waals surface area contributed by atoms with E-state index in [9.17, 15) is 9.59 Å². The molecule has 0 saturated carbocycles. The van der Waals surface area contributed by atoms with E-state index in [0.717, 1.165) is 23.7 Å². The van der Waals surface area contributed by atoms with E-state index in [4.69, 9.17) is 26.4 Å². The van der Waals surface area contributed by atoms with E-state index in [1.807, 2.05) is 24.3 Å². The lowest BCUT2D eigenvalue weighted by atomic mass is 10.1. The van der Waals surface area contributed by atoms with Crippen LogP contribution in [0.25, 0.3) is 6.08 Å². The zero-order valence-electron chi connectivity index (χ0n) is 19.1. The van der Waals surface area contributed by atoms with Crippen LogP contribution in [0.15, 0.2) is 53.4 Å². The summed E-state index contributed by atoms with van der Waals surface area (Å²) in [6, 6.07) is 13.5. The number of nitrogens with zero attached hydrogens (tertiary/aromatic N) is 1. The Hall–Kier alpha value is -2.84. The highest BCUT2D eigenvalue weighted by Gasteiger charge is 2.41. The Morgan fingerprint density at radius 3 is 2.48 bits per heavy atom. The first-order valence-electron chi connectivity index (χ1n) is 10.6. The molecule has 0 aliphatic carbocycles. The normalized spacial score (nSPS) is 15.8. The van der Waals surface area contributed by atoms with Crippen LogP contribution in [-0.4, -0.2) is 41.9 Å². The summed E-state index contributed by atoms with van der Waals surface area (Å²) in [6.45, 7) is 4.88. The molecule has 1 fully saturated rings. The van der Waals surface area contributed by atoms with Gasteiger partial charge >= 0.3 is 5.97 Å². The SMILES string of the molecule is COC(=O)C(c1ccccc1)N1C(=O)/C(=C\c2ccc(OCCC(C)C)c(OC)c2)SC1=S. The van der Waals surface area contributed by atoms with Gasteiger partial charge in [0, 0.05) is 0 Å². The van der Waals surface area contributed by atoms with Gasteiger partial charge < -0.3 is 14.2 Å². The molecule has 0 aromatic heterocycles. The maximum atomic E-state index is 13.3. The number of thioether (sulfide) groups is 1. The highest BCUT2D eigenvalue weighted by atomic mass is 32.2. The lowest BCUT2D eigenvalue weighted by Crippen LogP contribution is -2.37. The van der Waals surface area contributed by atoms with Crippen molar-refractivity contribution in [3.05, 3.63) is 64.6 Å². The topological polar surface area (TPSA) is 65.1 Å². The third-order valence-electron chi connectivity index (χ3n) is 5.06. The highest BCUT2D eigenvalue weighted by Crippen LogP contribution is 2.39. The summed E-state index contributed by atoms with van der Waals surface area (Å²) < 4.78 is 16.6. The molecular weight excluding hydrogens is 458 g/mol. The van der Waals surface area contributed by atoms with Crippen LogP contribution in [0.3, 0.4) is 0 Å². The molecule has 3 rings (SSSR count). The van der Waals surface area contributed by atoms with Gasteiger partial charge in [0.25, 0.3) is 5.91 Å². The number of thiocarbonyl (C=S) groups is 1. The van der Waals surface area contributed by atoms with E-state index >= 15 is 0 Å². The average molecular weight is 486 g/mol. The van der Waals surface area contributed by atoms with Gasteiger partial charge in [-0.15, -0.1) is 0 Å². The standard InChI is InChI=1S/C25H27NO5S2/c1-16(2)12-13-31-19-11-10-17(14-20(19)29-3)15-21-23(27)26(25(32)33-21)22(24(28)30-4)18-8-6-5-7-9-18/h5-11,14-16,22H,12-13H2,1-4H3/b21-15+. The van der Waals surface area contributed by atoms with Crippen LogP contribution in [0.5, 0.6) is 11.5 Å². The van der Waals surface area contributed by atoms with Crippen molar-refractivity contribution >= 4 is 46.3 Å². The smallest absolute Gasteiger partial charge is 0.333 e. The predicted molar refractivity (Wildman–Crippen MR) is 134 cm³/mol. The summed E-state index contributed by atoms with van der Waals surface area (Å²) >= 11 is 6.62.